The summed E-state index contributed by atoms with van der Waals surface area (Å²) in [5, 5.41) is 31.6. The van der Waals surface area contributed by atoms with Crippen LogP contribution in [-0.4, -0.2) is 159 Å². The molecular weight excluding hydrogens is 784 g/mol. The predicted octanol–water partition coefficient (Wildman–Crippen LogP) is -0.524. The number of fused-ring (bicyclic) bond motifs is 2. The highest BCUT2D eigenvalue weighted by atomic mass is 16.7. The van der Waals surface area contributed by atoms with Gasteiger partial charge in [-0.1, -0.05) is 34.1 Å². The first-order valence-electron chi connectivity index (χ1n) is 21.3. The van der Waals surface area contributed by atoms with Crippen molar-refractivity contribution < 1.29 is 58.1 Å². The van der Waals surface area contributed by atoms with E-state index in [4.69, 9.17) is 14.3 Å². The van der Waals surface area contributed by atoms with Gasteiger partial charge in [0.05, 0.1) is 19.8 Å². The summed E-state index contributed by atoms with van der Waals surface area (Å²) < 4.78 is 12.0. The van der Waals surface area contributed by atoms with Crippen molar-refractivity contribution in [3.05, 3.63) is 0 Å². The van der Waals surface area contributed by atoms with Gasteiger partial charge in [-0.25, -0.2) is 20.7 Å². The number of rotatable bonds is 8. The molecule has 0 aromatic heterocycles. The number of hydrazine groups is 2. The Labute approximate surface area is 352 Å². The van der Waals surface area contributed by atoms with Gasteiger partial charge in [0.2, 0.25) is 17.6 Å². The van der Waals surface area contributed by atoms with Crippen LogP contribution in [-0.2, 0) is 47.9 Å². The molecule has 4 rings (SSSR count). The number of cyclic esters (lactones) is 1. The van der Waals surface area contributed by atoms with Crippen molar-refractivity contribution in [2.45, 2.75) is 161 Å². The number of nitrogens with one attached hydrogen (secondary N) is 4. The van der Waals surface area contributed by atoms with Gasteiger partial charge in [0.1, 0.15) is 36.3 Å². The van der Waals surface area contributed by atoms with Crippen LogP contribution in [0.3, 0.4) is 0 Å². The Kier molecular flexibility index (Phi) is 16.5. The lowest BCUT2D eigenvalue weighted by molar-refractivity contribution is -0.326. The average Bonchev–Trinajstić information content (AvgIpc) is 3.23. The minimum atomic E-state index is -2.64. The predicted molar refractivity (Wildman–Crippen MR) is 214 cm³/mol. The number of hydroxylamine groups is 2. The normalized spacial score (nSPS) is 33.8. The van der Waals surface area contributed by atoms with E-state index >= 15 is 0 Å². The van der Waals surface area contributed by atoms with Crippen LogP contribution in [0.4, 0.5) is 0 Å². The molecule has 60 heavy (non-hydrogen) atoms. The van der Waals surface area contributed by atoms with Crippen LogP contribution in [0.1, 0.15) is 107 Å². The Morgan fingerprint density at radius 3 is 2.12 bits per heavy atom. The van der Waals surface area contributed by atoms with Gasteiger partial charge in [0.25, 0.3) is 23.6 Å². The fourth-order valence-corrected chi connectivity index (χ4v) is 8.25. The van der Waals surface area contributed by atoms with E-state index in [1.54, 1.807) is 20.8 Å². The molecule has 340 valence electrons. The molecule has 0 aliphatic carbocycles. The summed E-state index contributed by atoms with van der Waals surface area (Å²) in [5.41, 5.74) is 3.18. The van der Waals surface area contributed by atoms with E-state index in [-0.39, 0.29) is 31.7 Å². The fraction of sp³-hybridized carbons (Fsp3) is 0.825. The van der Waals surface area contributed by atoms with E-state index in [9.17, 15) is 43.8 Å². The zero-order valence-corrected chi connectivity index (χ0v) is 36.8. The number of esters is 1. The van der Waals surface area contributed by atoms with Crippen LogP contribution in [0.5, 0.6) is 0 Å². The molecule has 0 spiro atoms. The van der Waals surface area contributed by atoms with Crippen molar-refractivity contribution in [2.75, 3.05) is 33.8 Å². The van der Waals surface area contributed by atoms with Crippen LogP contribution < -0.4 is 21.5 Å². The van der Waals surface area contributed by atoms with Crippen molar-refractivity contribution in [3.8, 4) is 0 Å². The molecule has 4 saturated heterocycles. The second-order valence-electron chi connectivity index (χ2n) is 17.3. The largest absolute Gasteiger partial charge is 0.458 e. The number of ether oxygens (including phenoxy) is 2. The molecule has 0 unspecified atom stereocenters. The molecule has 0 aromatic carbocycles. The Balaban J connectivity index is 1.78. The number of likely N-dealkylation sites (N-methyl/N-ethyl adjacent to an activating group) is 1. The summed E-state index contributed by atoms with van der Waals surface area (Å²) in [7, 11) is 2.54. The second-order valence-corrected chi connectivity index (χ2v) is 17.3. The molecule has 6 N–H and O–H groups in total. The quantitative estimate of drug-likeness (QED) is 0.168. The lowest BCUT2D eigenvalue weighted by Crippen LogP contribution is -2.70. The highest BCUT2D eigenvalue weighted by Gasteiger charge is 2.57. The summed E-state index contributed by atoms with van der Waals surface area (Å²) in [5.74, 6) is -8.57. The third-order valence-electron chi connectivity index (χ3n) is 12.7. The van der Waals surface area contributed by atoms with Crippen LogP contribution >= 0.6 is 0 Å². The first kappa shape index (κ1) is 48.7. The van der Waals surface area contributed by atoms with Gasteiger partial charge in [-0.05, 0) is 84.0 Å². The molecule has 0 radical (unpaired) electrons. The van der Waals surface area contributed by atoms with Gasteiger partial charge in [0.15, 0.2) is 5.60 Å². The molecule has 4 heterocycles. The molecule has 0 saturated carbocycles. The third-order valence-corrected chi connectivity index (χ3v) is 12.7. The first-order chi connectivity index (χ1) is 28.1. The number of amides is 6. The smallest absolute Gasteiger partial charge is 0.328 e. The van der Waals surface area contributed by atoms with Gasteiger partial charge in [-0.15, -0.1) is 0 Å². The maximum absolute atomic E-state index is 14.9. The Bertz CT molecular complexity index is 1600. The van der Waals surface area contributed by atoms with E-state index in [0.717, 1.165) is 39.7 Å². The molecule has 20 nitrogen and oxygen atoms in total. The lowest BCUT2D eigenvalue weighted by Gasteiger charge is -2.47. The summed E-state index contributed by atoms with van der Waals surface area (Å²) in [6.45, 7) is 13.1. The van der Waals surface area contributed by atoms with E-state index in [2.05, 4.69) is 35.3 Å². The van der Waals surface area contributed by atoms with Crippen molar-refractivity contribution in [1.29, 1.82) is 0 Å². The van der Waals surface area contributed by atoms with Gasteiger partial charge < -0.3 is 35.2 Å². The molecule has 6 amide bonds. The maximum Gasteiger partial charge on any atom is 0.328 e. The number of hydrogen-bond donors (Lipinski definition) is 6. The van der Waals surface area contributed by atoms with Crippen LogP contribution in [0.15, 0.2) is 0 Å². The van der Waals surface area contributed by atoms with Crippen molar-refractivity contribution in [2.24, 2.45) is 17.8 Å². The van der Waals surface area contributed by atoms with Gasteiger partial charge >= 0.3 is 5.97 Å². The van der Waals surface area contributed by atoms with Gasteiger partial charge in [0, 0.05) is 26.6 Å². The summed E-state index contributed by atoms with van der Waals surface area (Å²) >= 11 is 0. The lowest BCUT2D eigenvalue weighted by atomic mass is 9.79. The first-order valence-corrected chi connectivity index (χ1v) is 21.3. The molecular formula is C40H68N8O12. The number of hydrogen-bond acceptors (Lipinski definition) is 14. The van der Waals surface area contributed by atoms with E-state index in [0.29, 0.717) is 31.7 Å². The highest BCUT2D eigenvalue weighted by Crippen LogP contribution is 2.40. The zero-order chi connectivity index (χ0) is 44.9. The summed E-state index contributed by atoms with van der Waals surface area (Å²) in [6, 6.07) is -6.75. The maximum atomic E-state index is 14.9. The monoisotopic (exact) mass is 852 g/mol. The number of carbonyl (C=O) groups is 7. The molecule has 11 atom stereocenters. The van der Waals surface area contributed by atoms with Crippen molar-refractivity contribution in [3.63, 3.8) is 0 Å². The van der Waals surface area contributed by atoms with E-state index < -0.39 is 108 Å². The second kappa shape index (κ2) is 20.3. The Morgan fingerprint density at radius 2 is 1.55 bits per heavy atom. The molecule has 0 aromatic rings. The fourth-order valence-electron chi connectivity index (χ4n) is 8.25. The van der Waals surface area contributed by atoms with Crippen LogP contribution in [0.2, 0.25) is 0 Å². The standard InChI is InChI=1S/C40H68N8O12/c1-11-23(4)20-27-16-17-40(57,60-26(27)7)39(8,56)38(55)44-31-32(22(2)3)59-37(54)25(6)45(9)34(51)28-14-12-18-42-46(28)30(49)21-41-33(50)24(5)48(58-10)35(52)29-15-13-19-43-47(29)36(31)53/h22-29,31-32,42-43,56-57H,11-21H2,1-10H3,(H,41,50)(H,44,55)/t23-,24-,25+,26+,27+,28-,29+,31-,32-,39+,40+/m0/s1. The summed E-state index contributed by atoms with van der Waals surface area (Å²) in [4.78, 5) is 105. The Morgan fingerprint density at radius 1 is 0.950 bits per heavy atom. The van der Waals surface area contributed by atoms with Crippen molar-refractivity contribution >= 4 is 41.4 Å². The summed E-state index contributed by atoms with van der Waals surface area (Å²) in [6.07, 6.45) is 1.37. The topological polar surface area (TPSA) is 249 Å². The number of nitrogens with zero attached hydrogens (tertiary/aromatic N) is 4. The zero-order valence-electron chi connectivity index (χ0n) is 36.8. The van der Waals surface area contributed by atoms with Gasteiger partial charge in [-0.3, -0.25) is 43.6 Å². The molecule has 4 aliphatic heterocycles. The molecule has 4 fully saturated rings. The Hall–Kier alpha value is -3.95. The number of aliphatic hydroxyl groups is 2. The third kappa shape index (κ3) is 10.4. The number of carbonyl (C=O) groups excluding carboxylic acids is 7. The van der Waals surface area contributed by atoms with E-state index in [1.807, 2.05) is 0 Å². The van der Waals surface area contributed by atoms with Crippen molar-refractivity contribution in [1.82, 2.24) is 41.5 Å². The van der Waals surface area contributed by atoms with Gasteiger partial charge in [-0.2, -0.15) is 0 Å². The SMILES string of the molecule is CC[C@H](C)C[C@H]1CC[C@](O)([C@](C)(O)C(=O)N[C@@H]2C(=O)N3NCCC[C@@H]3C(=O)N(OC)[C@@H](C)C(=O)NCC(=O)N3NCCC[C@H]3C(=O)N(C)[C@H](C)C(=O)O[C@H]2C(C)C)O[C@@H]1C. The van der Waals surface area contributed by atoms with Crippen LogP contribution in [0.25, 0.3) is 0 Å². The van der Waals surface area contributed by atoms with Crippen LogP contribution in [0, 0.1) is 17.8 Å². The average molecular weight is 853 g/mol. The van der Waals surface area contributed by atoms with E-state index in [1.165, 1.54) is 28.0 Å². The molecule has 20 heteroatoms. The molecule has 0 bridgehead atoms. The minimum absolute atomic E-state index is 0.0570. The minimum Gasteiger partial charge on any atom is -0.458 e. The molecule has 4 aliphatic rings. The highest BCUT2D eigenvalue weighted by molar-refractivity contribution is 5.97.